The van der Waals surface area contributed by atoms with Crippen LogP contribution in [0.15, 0.2) is 24.3 Å². The van der Waals surface area contributed by atoms with Gasteiger partial charge in [0.05, 0.1) is 0 Å². The van der Waals surface area contributed by atoms with Gasteiger partial charge in [0, 0.05) is 17.3 Å². The lowest BCUT2D eigenvalue weighted by atomic mass is 10.0. The normalized spacial score (nSPS) is 26.1. The Labute approximate surface area is 109 Å². The molecule has 17 heavy (non-hydrogen) atoms. The fourth-order valence-corrected chi connectivity index (χ4v) is 3.78. The maximum absolute atomic E-state index is 3.70. The second kappa shape index (κ2) is 5.45. The van der Waals surface area contributed by atoms with E-state index in [1.165, 1.54) is 29.7 Å². The summed E-state index contributed by atoms with van der Waals surface area (Å²) in [6.07, 6.45) is 2.73. The summed E-state index contributed by atoms with van der Waals surface area (Å²) >= 11 is 2.12. The number of hydrogen-bond acceptors (Lipinski definition) is 2. The smallest absolute Gasteiger partial charge is 0.0294 e. The average molecular weight is 249 g/mol. The summed E-state index contributed by atoms with van der Waals surface area (Å²) in [5.74, 6) is 1.33. The lowest BCUT2D eigenvalue weighted by Crippen LogP contribution is -2.34. The van der Waals surface area contributed by atoms with Gasteiger partial charge >= 0.3 is 0 Å². The molecule has 0 radical (unpaired) electrons. The van der Waals surface area contributed by atoms with E-state index in [9.17, 15) is 0 Å². The number of aryl methyl sites for hydroxylation is 1. The number of benzene rings is 1. The Morgan fingerprint density at radius 2 is 2.18 bits per heavy atom. The van der Waals surface area contributed by atoms with Crippen LogP contribution in [0, 0.1) is 6.92 Å². The quantitative estimate of drug-likeness (QED) is 0.867. The summed E-state index contributed by atoms with van der Waals surface area (Å²) in [5, 5.41) is 3.70. The Balaban J connectivity index is 1.93. The molecule has 1 nitrogen and oxygen atoms in total. The van der Waals surface area contributed by atoms with E-state index in [4.69, 9.17) is 0 Å². The van der Waals surface area contributed by atoms with Crippen molar-refractivity contribution >= 4 is 11.8 Å². The van der Waals surface area contributed by atoms with Gasteiger partial charge < -0.3 is 5.32 Å². The number of thioether (sulfide) groups is 1. The zero-order valence-electron chi connectivity index (χ0n) is 11.1. The van der Waals surface area contributed by atoms with Gasteiger partial charge in [0.15, 0.2) is 0 Å². The summed E-state index contributed by atoms with van der Waals surface area (Å²) < 4.78 is 0.455. The lowest BCUT2D eigenvalue weighted by molar-refractivity contribution is 0.489. The monoisotopic (exact) mass is 249 g/mol. The van der Waals surface area contributed by atoms with Crippen molar-refractivity contribution in [3.63, 3.8) is 0 Å². The fourth-order valence-electron chi connectivity index (χ4n) is 2.53. The minimum absolute atomic E-state index is 0.453. The molecular weight excluding hydrogens is 226 g/mol. The van der Waals surface area contributed by atoms with Crippen molar-refractivity contribution < 1.29 is 0 Å². The first kappa shape index (κ1) is 13.0. The maximum atomic E-state index is 3.70. The van der Waals surface area contributed by atoms with Crippen LogP contribution in [0.3, 0.4) is 0 Å². The Morgan fingerprint density at radius 1 is 1.41 bits per heavy atom. The topological polar surface area (TPSA) is 12.0 Å². The van der Waals surface area contributed by atoms with E-state index in [1.54, 1.807) is 0 Å². The number of hydrogen-bond donors (Lipinski definition) is 1. The Morgan fingerprint density at radius 3 is 2.82 bits per heavy atom. The van der Waals surface area contributed by atoms with Gasteiger partial charge in [-0.25, -0.2) is 0 Å². The van der Waals surface area contributed by atoms with E-state index in [1.807, 2.05) is 0 Å². The van der Waals surface area contributed by atoms with Crippen molar-refractivity contribution in [1.82, 2.24) is 5.32 Å². The van der Waals surface area contributed by atoms with Gasteiger partial charge in [-0.05, 0) is 50.5 Å². The molecule has 1 N–H and O–H groups in total. The molecule has 1 fully saturated rings. The minimum Gasteiger partial charge on any atom is -0.309 e. The largest absolute Gasteiger partial charge is 0.309 e. The van der Waals surface area contributed by atoms with E-state index >= 15 is 0 Å². The van der Waals surface area contributed by atoms with Crippen LogP contribution in [0.2, 0.25) is 0 Å². The van der Waals surface area contributed by atoms with Gasteiger partial charge in [0.2, 0.25) is 0 Å². The highest BCUT2D eigenvalue weighted by molar-refractivity contribution is 8.00. The number of nitrogens with one attached hydrogen (secondary N) is 1. The molecule has 1 aromatic rings. The minimum atomic E-state index is 0.453. The molecule has 94 valence electrons. The molecule has 1 aliphatic heterocycles. The first-order valence-electron chi connectivity index (χ1n) is 6.54. The zero-order chi connectivity index (χ0) is 12.3. The van der Waals surface area contributed by atoms with Gasteiger partial charge in [-0.15, -0.1) is 0 Å². The molecule has 1 saturated heterocycles. The summed E-state index contributed by atoms with van der Waals surface area (Å²) in [5.41, 5.74) is 2.82. The third-order valence-corrected chi connectivity index (χ3v) is 5.28. The van der Waals surface area contributed by atoms with Crippen LogP contribution in [0.5, 0.6) is 0 Å². The molecule has 0 bridgehead atoms. The van der Waals surface area contributed by atoms with Crippen LogP contribution in [-0.4, -0.2) is 17.0 Å². The van der Waals surface area contributed by atoms with Gasteiger partial charge in [-0.1, -0.05) is 24.3 Å². The number of rotatable bonds is 4. The highest BCUT2D eigenvalue weighted by atomic mass is 32.2. The molecule has 1 aromatic carbocycles. The van der Waals surface area contributed by atoms with E-state index < -0.39 is 0 Å². The van der Waals surface area contributed by atoms with Crippen molar-refractivity contribution in [2.75, 3.05) is 12.3 Å². The van der Waals surface area contributed by atoms with Gasteiger partial charge in [-0.2, -0.15) is 11.8 Å². The summed E-state index contributed by atoms with van der Waals surface area (Å²) in [4.78, 5) is 0. The van der Waals surface area contributed by atoms with Crippen LogP contribution in [-0.2, 0) is 0 Å². The Kier molecular flexibility index (Phi) is 4.16. The van der Waals surface area contributed by atoms with Crippen molar-refractivity contribution in [2.24, 2.45) is 0 Å². The van der Waals surface area contributed by atoms with Crippen molar-refractivity contribution in [3.05, 3.63) is 35.4 Å². The first-order valence-corrected chi connectivity index (χ1v) is 7.52. The molecule has 2 rings (SSSR count). The standard InChI is InChI=1S/C15H23NS/c1-12-7-4-5-8-14(12)13(2)16-11-15(3)9-6-10-17-15/h4-5,7-8,13,16H,6,9-11H2,1-3H3. The van der Waals surface area contributed by atoms with Gasteiger partial charge in [-0.3, -0.25) is 0 Å². The van der Waals surface area contributed by atoms with Crippen molar-refractivity contribution in [2.45, 2.75) is 44.4 Å². The summed E-state index contributed by atoms with van der Waals surface area (Å²) in [6, 6.07) is 9.12. The second-order valence-electron chi connectivity index (χ2n) is 5.36. The van der Waals surface area contributed by atoms with E-state index in [0.29, 0.717) is 10.8 Å². The van der Waals surface area contributed by atoms with Crippen LogP contribution in [0.25, 0.3) is 0 Å². The molecular formula is C15H23NS. The summed E-state index contributed by atoms with van der Waals surface area (Å²) in [6.45, 7) is 7.97. The van der Waals surface area contributed by atoms with Crippen LogP contribution in [0.1, 0.15) is 43.9 Å². The first-order chi connectivity index (χ1) is 8.11. The third kappa shape index (κ3) is 3.26. The molecule has 0 aliphatic carbocycles. The fraction of sp³-hybridized carbons (Fsp3) is 0.600. The Hall–Kier alpha value is -0.470. The maximum Gasteiger partial charge on any atom is 0.0294 e. The highest BCUT2D eigenvalue weighted by Crippen LogP contribution is 2.37. The van der Waals surface area contributed by atoms with E-state index in [0.717, 1.165) is 6.54 Å². The molecule has 0 amide bonds. The van der Waals surface area contributed by atoms with Crippen molar-refractivity contribution in [3.8, 4) is 0 Å². The molecule has 2 atom stereocenters. The average Bonchev–Trinajstić information content (AvgIpc) is 2.74. The second-order valence-corrected chi connectivity index (χ2v) is 7.04. The molecule has 2 heteroatoms. The van der Waals surface area contributed by atoms with Gasteiger partial charge in [0.1, 0.15) is 0 Å². The van der Waals surface area contributed by atoms with E-state index in [2.05, 4.69) is 62.1 Å². The molecule has 2 unspecified atom stereocenters. The zero-order valence-corrected chi connectivity index (χ0v) is 11.9. The lowest BCUT2D eigenvalue weighted by Gasteiger charge is -2.26. The third-order valence-electron chi connectivity index (χ3n) is 3.74. The van der Waals surface area contributed by atoms with Gasteiger partial charge in [0.25, 0.3) is 0 Å². The van der Waals surface area contributed by atoms with E-state index in [-0.39, 0.29) is 0 Å². The van der Waals surface area contributed by atoms with Crippen LogP contribution >= 0.6 is 11.8 Å². The molecule has 0 spiro atoms. The van der Waals surface area contributed by atoms with Crippen molar-refractivity contribution in [1.29, 1.82) is 0 Å². The molecule has 0 aromatic heterocycles. The molecule has 1 heterocycles. The summed E-state index contributed by atoms with van der Waals surface area (Å²) in [7, 11) is 0. The predicted molar refractivity (Wildman–Crippen MR) is 77.7 cm³/mol. The molecule has 0 saturated carbocycles. The highest BCUT2D eigenvalue weighted by Gasteiger charge is 2.29. The van der Waals surface area contributed by atoms with Crippen LogP contribution in [0.4, 0.5) is 0 Å². The molecule has 1 aliphatic rings. The Bertz CT molecular complexity index is 369. The SMILES string of the molecule is Cc1ccccc1C(C)NCC1(C)CCCS1. The van der Waals surface area contributed by atoms with Crippen LogP contribution < -0.4 is 5.32 Å². The predicted octanol–water partition coefficient (Wildman–Crippen LogP) is 3.93.